The molecule has 8 nitrogen and oxygen atoms in total. The molecule has 0 saturated carbocycles. The summed E-state index contributed by atoms with van der Waals surface area (Å²) in [5.74, 6) is 0.229. The van der Waals surface area contributed by atoms with Gasteiger partial charge in [0.2, 0.25) is 0 Å². The summed E-state index contributed by atoms with van der Waals surface area (Å²) >= 11 is 0. The molecule has 28 heavy (non-hydrogen) atoms. The minimum atomic E-state index is -0.144. The van der Waals surface area contributed by atoms with Crippen LogP contribution in [0.5, 0.6) is 0 Å². The van der Waals surface area contributed by atoms with Crippen LogP contribution in [0.2, 0.25) is 0 Å². The van der Waals surface area contributed by atoms with Gasteiger partial charge in [-0.25, -0.2) is 19.4 Å². The number of piperidine rings is 1. The lowest BCUT2D eigenvalue weighted by Gasteiger charge is -2.32. The molecule has 2 aromatic heterocycles. The van der Waals surface area contributed by atoms with Crippen molar-refractivity contribution in [2.24, 2.45) is 0 Å². The Kier molecular flexibility index (Phi) is 5.27. The van der Waals surface area contributed by atoms with E-state index in [-0.39, 0.29) is 17.5 Å². The summed E-state index contributed by atoms with van der Waals surface area (Å²) in [6, 6.07) is 9.15. The van der Waals surface area contributed by atoms with E-state index in [1.807, 2.05) is 29.2 Å². The summed E-state index contributed by atoms with van der Waals surface area (Å²) in [5, 5.41) is 8.54. The number of nitrogens with one attached hydrogen (secondary N) is 1. The molecule has 0 unspecified atom stereocenters. The van der Waals surface area contributed by atoms with E-state index in [2.05, 4.69) is 20.4 Å². The Bertz CT molecular complexity index is 1020. The minimum absolute atomic E-state index is 0.118. The monoisotopic (exact) mass is 378 g/mol. The normalized spacial score (nSPS) is 16.9. The van der Waals surface area contributed by atoms with Gasteiger partial charge in [0.15, 0.2) is 0 Å². The van der Waals surface area contributed by atoms with E-state index in [1.165, 1.54) is 4.68 Å². The van der Waals surface area contributed by atoms with Crippen molar-refractivity contribution in [3.63, 3.8) is 0 Å². The highest BCUT2D eigenvalue weighted by molar-refractivity contribution is 5.80. The van der Waals surface area contributed by atoms with E-state index >= 15 is 0 Å². The second-order valence-electron chi connectivity index (χ2n) is 6.91. The van der Waals surface area contributed by atoms with Gasteiger partial charge in [-0.05, 0) is 25.0 Å². The Hall–Kier alpha value is -3.29. The lowest BCUT2D eigenvalue weighted by Crippen LogP contribution is -2.46. The molecule has 144 valence electrons. The number of aromatic nitrogens is 4. The van der Waals surface area contributed by atoms with Gasteiger partial charge in [-0.2, -0.15) is 5.10 Å². The molecule has 2 amide bonds. The van der Waals surface area contributed by atoms with Crippen LogP contribution in [0.15, 0.2) is 53.8 Å². The molecule has 1 aliphatic heterocycles. The number of fused-ring (bicyclic) bond motifs is 1. The zero-order valence-corrected chi connectivity index (χ0v) is 15.5. The van der Waals surface area contributed by atoms with E-state index in [9.17, 15) is 9.59 Å². The van der Waals surface area contributed by atoms with Gasteiger partial charge in [-0.1, -0.05) is 18.2 Å². The molecule has 1 atom stereocenters. The van der Waals surface area contributed by atoms with Gasteiger partial charge in [-0.15, -0.1) is 0 Å². The maximum absolute atomic E-state index is 12.5. The van der Waals surface area contributed by atoms with Gasteiger partial charge in [-0.3, -0.25) is 4.79 Å². The summed E-state index contributed by atoms with van der Waals surface area (Å²) in [4.78, 5) is 35.1. The van der Waals surface area contributed by atoms with Crippen molar-refractivity contribution in [1.82, 2.24) is 30.0 Å². The van der Waals surface area contributed by atoms with Crippen LogP contribution in [-0.2, 0) is 6.54 Å². The van der Waals surface area contributed by atoms with Crippen LogP contribution in [0, 0.1) is 0 Å². The molecule has 1 N–H and O–H groups in total. The van der Waals surface area contributed by atoms with Crippen LogP contribution in [-0.4, -0.2) is 50.3 Å². The van der Waals surface area contributed by atoms with E-state index in [0.717, 1.165) is 30.5 Å². The number of nitrogens with zero attached hydrogens (tertiary/aromatic N) is 5. The van der Waals surface area contributed by atoms with Crippen LogP contribution in [0.1, 0.15) is 24.5 Å². The van der Waals surface area contributed by atoms with Crippen LogP contribution in [0.3, 0.4) is 0 Å². The Morgan fingerprint density at radius 3 is 3.00 bits per heavy atom. The Morgan fingerprint density at radius 1 is 1.25 bits per heavy atom. The fourth-order valence-corrected chi connectivity index (χ4v) is 3.61. The van der Waals surface area contributed by atoms with Gasteiger partial charge < -0.3 is 10.2 Å². The van der Waals surface area contributed by atoms with E-state index < -0.39 is 0 Å². The third-order valence-electron chi connectivity index (χ3n) is 5.09. The quantitative estimate of drug-likeness (QED) is 0.747. The highest BCUT2D eigenvalue weighted by atomic mass is 16.2. The van der Waals surface area contributed by atoms with Crippen molar-refractivity contribution in [1.29, 1.82) is 0 Å². The molecular weight excluding hydrogens is 356 g/mol. The number of benzene rings is 1. The molecule has 3 heterocycles. The van der Waals surface area contributed by atoms with Crippen molar-refractivity contribution in [3.05, 3.63) is 65.1 Å². The van der Waals surface area contributed by atoms with Crippen molar-refractivity contribution in [2.75, 3.05) is 19.6 Å². The summed E-state index contributed by atoms with van der Waals surface area (Å²) in [6.45, 7) is 2.04. The molecule has 0 bridgehead atoms. The number of urea groups is 1. The van der Waals surface area contributed by atoms with Crippen LogP contribution < -0.4 is 10.9 Å². The highest BCUT2D eigenvalue weighted by Crippen LogP contribution is 2.24. The summed E-state index contributed by atoms with van der Waals surface area (Å²) in [7, 11) is 0. The van der Waals surface area contributed by atoms with E-state index in [0.29, 0.717) is 25.0 Å². The fraction of sp³-hybridized carbons (Fsp3) is 0.350. The lowest BCUT2D eigenvalue weighted by atomic mass is 9.95. The number of hydrogen-bond donors (Lipinski definition) is 1. The first-order valence-electron chi connectivity index (χ1n) is 9.46. The minimum Gasteiger partial charge on any atom is -0.336 e. The van der Waals surface area contributed by atoms with Gasteiger partial charge in [0.1, 0.15) is 6.33 Å². The van der Waals surface area contributed by atoms with Crippen LogP contribution in [0.25, 0.3) is 10.8 Å². The first-order chi connectivity index (χ1) is 13.7. The first-order valence-corrected chi connectivity index (χ1v) is 9.46. The second-order valence-corrected chi connectivity index (χ2v) is 6.91. The van der Waals surface area contributed by atoms with Crippen LogP contribution in [0.4, 0.5) is 4.79 Å². The van der Waals surface area contributed by atoms with Gasteiger partial charge in [0.25, 0.3) is 5.56 Å². The molecule has 1 aliphatic rings. The number of rotatable bonds is 4. The molecule has 8 heteroatoms. The van der Waals surface area contributed by atoms with Gasteiger partial charge in [0.05, 0.1) is 18.1 Å². The predicted octanol–water partition coefficient (Wildman–Crippen LogP) is 1.78. The Morgan fingerprint density at radius 2 is 2.14 bits per heavy atom. The average molecular weight is 378 g/mol. The Labute approximate surface area is 162 Å². The van der Waals surface area contributed by atoms with Crippen molar-refractivity contribution >= 4 is 16.8 Å². The number of carbonyl (C=O) groups excluding carboxylic acids is 1. The van der Waals surface area contributed by atoms with Crippen molar-refractivity contribution < 1.29 is 4.79 Å². The smallest absolute Gasteiger partial charge is 0.317 e. The summed E-state index contributed by atoms with van der Waals surface area (Å²) in [5.41, 5.74) is 0.827. The zero-order chi connectivity index (χ0) is 19.3. The maximum atomic E-state index is 12.5. The number of hydrogen-bond acceptors (Lipinski definition) is 5. The van der Waals surface area contributed by atoms with E-state index in [4.69, 9.17) is 0 Å². The molecule has 1 fully saturated rings. The molecule has 0 spiro atoms. The van der Waals surface area contributed by atoms with Crippen molar-refractivity contribution in [2.45, 2.75) is 25.3 Å². The Balaban J connectivity index is 1.34. The first kappa shape index (κ1) is 18.1. The molecule has 0 radical (unpaired) electrons. The second kappa shape index (κ2) is 8.16. The molecule has 1 aromatic carbocycles. The molecule has 4 rings (SSSR count). The summed E-state index contributed by atoms with van der Waals surface area (Å²) in [6.07, 6.45) is 6.90. The van der Waals surface area contributed by atoms with E-state index in [1.54, 1.807) is 24.8 Å². The number of carbonyl (C=O) groups is 1. The number of amides is 2. The largest absolute Gasteiger partial charge is 0.336 e. The molecule has 1 saturated heterocycles. The third-order valence-corrected chi connectivity index (χ3v) is 5.09. The molecule has 3 aromatic rings. The average Bonchev–Trinajstić information content (AvgIpc) is 2.76. The standard InChI is InChI=1S/C20H22N6O2/c27-19-17-6-2-1-4-15(17)12-24-26(19)11-9-22-20(28)25-10-3-5-16(13-25)18-7-8-21-14-23-18/h1-2,4,6-8,12,14,16H,3,5,9-11,13H2,(H,22,28)/t16-/m1/s1. The predicted molar refractivity (Wildman–Crippen MR) is 105 cm³/mol. The van der Waals surface area contributed by atoms with Gasteiger partial charge >= 0.3 is 6.03 Å². The lowest BCUT2D eigenvalue weighted by molar-refractivity contribution is 0.178. The molecule has 0 aliphatic carbocycles. The fourth-order valence-electron chi connectivity index (χ4n) is 3.61. The van der Waals surface area contributed by atoms with Crippen molar-refractivity contribution in [3.8, 4) is 0 Å². The third kappa shape index (κ3) is 3.85. The van der Waals surface area contributed by atoms with Crippen LogP contribution >= 0.6 is 0 Å². The topological polar surface area (TPSA) is 93.0 Å². The maximum Gasteiger partial charge on any atom is 0.317 e. The molecular formula is C20H22N6O2. The highest BCUT2D eigenvalue weighted by Gasteiger charge is 2.25. The van der Waals surface area contributed by atoms with Gasteiger partial charge in [0, 0.05) is 42.8 Å². The number of likely N-dealkylation sites (tertiary alicyclic amines) is 1. The zero-order valence-electron chi connectivity index (χ0n) is 15.5. The summed E-state index contributed by atoms with van der Waals surface area (Å²) < 4.78 is 1.39. The SMILES string of the molecule is O=C(NCCn1ncc2ccccc2c1=O)N1CCC[C@@H](c2ccncn2)C1.